The van der Waals surface area contributed by atoms with Gasteiger partial charge in [0, 0.05) is 17.3 Å². The van der Waals surface area contributed by atoms with Crippen LogP contribution in [0.1, 0.15) is 21.5 Å². The highest BCUT2D eigenvalue weighted by atomic mass is 16.5. The highest BCUT2D eigenvalue weighted by molar-refractivity contribution is 6.05. The minimum absolute atomic E-state index is 0.0487. The number of para-hydroxylation sites is 1. The third kappa shape index (κ3) is 4.69. The smallest absolute Gasteiger partial charge is 0.265 e. The van der Waals surface area contributed by atoms with Crippen molar-refractivity contribution >= 4 is 23.2 Å². The fraction of sp³-hybridized carbons (Fsp3) is 0.200. The van der Waals surface area contributed by atoms with Crippen LogP contribution in [0.5, 0.6) is 11.5 Å². The molecule has 0 bridgehead atoms. The van der Waals surface area contributed by atoms with E-state index >= 15 is 0 Å². The largest absolute Gasteiger partial charge is 0.492 e. The summed E-state index contributed by atoms with van der Waals surface area (Å²) < 4.78 is 11.3. The molecule has 0 radical (unpaired) electrons. The number of nitrogens with one attached hydrogen (secondary N) is 1. The standard InChI is InChI=1S/C25H24N2O4/c1-17-8-9-19(14-18(17)2)25(29)26-20-10-11-22-23(15-20)31-16-24(28)27(22)12-13-30-21-6-4-3-5-7-21/h3-11,14-15H,12-13,16H2,1-2H3,(H,26,29). The Morgan fingerprint density at radius 1 is 1.03 bits per heavy atom. The molecule has 0 fully saturated rings. The molecule has 0 saturated heterocycles. The number of hydrogen-bond acceptors (Lipinski definition) is 4. The molecule has 0 unspecified atom stereocenters. The van der Waals surface area contributed by atoms with Crippen molar-refractivity contribution in [2.75, 3.05) is 30.0 Å². The van der Waals surface area contributed by atoms with Crippen LogP contribution in [0.25, 0.3) is 0 Å². The summed E-state index contributed by atoms with van der Waals surface area (Å²) in [6.07, 6.45) is 0. The van der Waals surface area contributed by atoms with Crippen molar-refractivity contribution in [3.63, 3.8) is 0 Å². The maximum absolute atomic E-state index is 12.6. The molecule has 3 aromatic carbocycles. The SMILES string of the molecule is Cc1ccc(C(=O)Nc2ccc3c(c2)OCC(=O)N3CCOc2ccccc2)cc1C. The van der Waals surface area contributed by atoms with E-state index in [0.717, 1.165) is 16.9 Å². The summed E-state index contributed by atoms with van der Waals surface area (Å²) in [4.78, 5) is 26.6. The second-order valence-corrected chi connectivity index (χ2v) is 7.43. The molecule has 1 aliphatic rings. The Kier molecular flexibility index (Phi) is 5.89. The maximum Gasteiger partial charge on any atom is 0.265 e. The van der Waals surface area contributed by atoms with E-state index in [4.69, 9.17) is 9.47 Å². The average Bonchev–Trinajstić information content (AvgIpc) is 2.78. The lowest BCUT2D eigenvalue weighted by Crippen LogP contribution is -2.41. The van der Waals surface area contributed by atoms with E-state index in [1.54, 1.807) is 29.2 Å². The molecule has 4 rings (SSSR count). The van der Waals surface area contributed by atoms with Crippen molar-refractivity contribution in [3.05, 3.63) is 83.4 Å². The summed E-state index contributed by atoms with van der Waals surface area (Å²) in [6.45, 7) is 4.70. The molecule has 0 saturated carbocycles. The lowest BCUT2D eigenvalue weighted by atomic mass is 10.1. The van der Waals surface area contributed by atoms with Gasteiger partial charge in [-0.25, -0.2) is 0 Å². The second kappa shape index (κ2) is 8.92. The number of hydrogen-bond donors (Lipinski definition) is 1. The third-order valence-corrected chi connectivity index (χ3v) is 5.26. The predicted octanol–water partition coefficient (Wildman–Crippen LogP) is 4.36. The lowest BCUT2D eigenvalue weighted by Gasteiger charge is -2.29. The molecule has 1 heterocycles. The minimum atomic E-state index is -0.192. The van der Waals surface area contributed by atoms with Crippen molar-refractivity contribution in [2.45, 2.75) is 13.8 Å². The Morgan fingerprint density at radius 2 is 1.84 bits per heavy atom. The van der Waals surface area contributed by atoms with Gasteiger partial charge in [-0.2, -0.15) is 0 Å². The van der Waals surface area contributed by atoms with Gasteiger partial charge in [-0.3, -0.25) is 9.59 Å². The Hall–Kier alpha value is -3.80. The Balaban J connectivity index is 1.45. The number of anilines is 2. The molecule has 0 spiro atoms. The fourth-order valence-corrected chi connectivity index (χ4v) is 3.38. The quantitative estimate of drug-likeness (QED) is 0.648. The predicted molar refractivity (Wildman–Crippen MR) is 120 cm³/mol. The van der Waals surface area contributed by atoms with E-state index in [-0.39, 0.29) is 18.4 Å². The van der Waals surface area contributed by atoms with Gasteiger partial charge in [0.15, 0.2) is 6.61 Å². The molecular weight excluding hydrogens is 392 g/mol. The lowest BCUT2D eigenvalue weighted by molar-refractivity contribution is -0.121. The summed E-state index contributed by atoms with van der Waals surface area (Å²) in [5.74, 6) is 0.990. The van der Waals surface area contributed by atoms with Crippen LogP contribution in [-0.2, 0) is 4.79 Å². The first-order valence-corrected chi connectivity index (χ1v) is 10.1. The summed E-state index contributed by atoms with van der Waals surface area (Å²) >= 11 is 0. The topological polar surface area (TPSA) is 67.9 Å². The first kappa shape index (κ1) is 20.5. The van der Waals surface area contributed by atoms with Gasteiger partial charge in [0.25, 0.3) is 11.8 Å². The monoisotopic (exact) mass is 416 g/mol. The molecule has 31 heavy (non-hydrogen) atoms. The van der Waals surface area contributed by atoms with Gasteiger partial charge in [-0.1, -0.05) is 24.3 Å². The highest BCUT2D eigenvalue weighted by Gasteiger charge is 2.26. The van der Waals surface area contributed by atoms with Gasteiger partial charge >= 0.3 is 0 Å². The molecule has 0 aliphatic carbocycles. The van der Waals surface area contributed by atoms with E-state index in [2.05, 4.69) is 5.32 Å². The molecule has 6 heteroatoms. The zero-order valence-corrected chi connectivity index (χ0v) is 17.6. The maximum atomic E-state index is 12.6. The van der Waals surface area contributed by atoms with Crippen LogP contribution in [0.15, 0.2) is 66.7 Å². The van der Waals surface area contributed by atoms with Gasteiger partial charge < -0.3 is 19.7 Å². The Morgan fingerprint density at radius 3 is 2.61 bits per heavy atom. The van der Waals surface area contributed by atoms with Crippen molar-refractivity contribution in [1.82, 2.24) is 0 Å². The zero-order valence-electron chi connectivity index (χ0n) is 17.6. The molecule has 2 amide bonds. The van der Waals surface area contributed by atoms with Crippen molar-refractivity contribution in [3.8, 4) is 11.5 Å². The molecule has 1 N–H and O–H groups in total. The van der Waals surface area contributed by atoms with Crippen LogP contribution in [0, 0.1) is 13.8 Å². The molecular formula is C25H24N2O4. The van der Waals surface area contributed by atoms with E-state index < -0.39 is 0 Å². The van der Waals surface area contributed by atoms with E-state index in [1.165, 1.54) is 0 Å². The minimum Gasteiger partial charge on any atom is -0.492 e. The normalized spacial score (nSPS) is 12.7. The third-order valence-electron chi connectivity index (χ3n) is 5.26. The number of amides is 2. The van der Waals surface area contributed by atoms with Gasteiger partial charge in [-0.15, -0.1) is 0 Å². The Labute approximate surface area is 181 Å². The van der Waals surface area contributed by atoms with Gasteiger partial charge in [0.2, 0.25) is 0 Å². The van der Waals surface area contributed by atoms with E-state index in [9.17, 15) is 9.59 Å². The highest BCUT2D eigenvalue weighted by Crippen LogP contribution is 2.34. The summed E-state index contributed by atoms with van der Waals surface area (Å²) in [5.41, 5.74) is 4.07. The van der Waals surface area contributed by atoms with Crippen LogP contribution in [0.3, 0.4) is 0 Å². The van der Waals surface area contributed by atoms with Crippen LogP contribution in [0.2, 0.25) is 0 Å². The number of rotatable bonds is 6. The summed E-state index contributed by atoms with van der Waals surface area (Å²) in [5, 5.41) is 2.90. The number of carbonyl (C=O) groups excluding carboxylic acids is 2. The molecule has 3 aromatic rings. The van der Waals surface area contributed by atoms with Crippen LogP contribution < -0.4 is 19.7 Å². The molecule has 6 nitrogen and oxygen atoms in total. The van der Waals surface area contributed by atoms with Crippen molar-refractivity contribution in [1.29, 1.82) is 0 Å². The number of ether oxygens (including phenoxy) is 2. The van der Waals surface area contributed by atoms with Crippen molar-refractivity contribution in [2.24, 2.45) is 0 Å². The number of benzene rings is 3. The second-order valence-electron chi connectivity index (χ2n) is 7.43. The van der Waals surface area contributed by atoms with Crippen LogP contribution >= 0.6 is 0 Å². The number of nitrogens with zero attached hydrogens (tertiary/aromatic N) is 1. The number of fused-ring (bicyclic) bond motifs is 1. The van der Waals surface area contributed by atoms with Gasteiger partial charge in [0.1, 0.15) is 18.1 Å². The van der Waals surface area contributed by atoms with E-state index in [1.807, 2.05) is 56.3 Å². The van der Waals surface area contributed by atoms with Crippen molar-refractivity contribution < 1.29 is 19.1 Å². The van der Waals surface area contributed by atoms with E-state index in [0.29, 0.717) is 35.8 Å². The zero-order chi connectivity index (χ0) is 21.8. The molecule has 0 atom stereocenters. The van der Waals surface area contributed by atoms with Gasteiger partial charge in [-0.05, 0) is 61.4 Å². The first-order valence-electron chi connectivity index (χ1n) is 10.1. The number of aryl methyl sites for hydroxylation is 2. The molecule has 0 aromatic heterocycles. The fourth-order valence-electron chi connectivity index (χ4n) is 3.38. The Bertz CT molecular complexity index is 1110. The molecule has 158 valence electrons. The van der Waals surface area contributed by atoms with Crippen LogP contribution in [-0.4, -0.2) is 31.6 Å². The first-order chi connectivity index (χ1) is 15.0. The average molecular weight is 416 g/mol. The molecule has 1 aliphatic heterocycles. The van der Waals surface area contributed by atoms with Crippen LogP contribution in [0.4, 0.5) is 11.4 Å². The summed E-state index contributed by atoms with van der Waals surface area (Å²) in [6, 6.07) is 20.4. The summed E-state index contributed by atoms with van der Waals surface area (Å²) in [7, 11) is 0. The number of carbonyl (C=O) groups is 2. The van der Waals surface area contributed by atoms with Gasteiger partial charge in [0.05, 0.1) is 12.2 Å².